The van der Waals surface area contributed by atoms with Gasteiger partial charge in [-0.2, -0.15) is 0 Å². The molecule has 0 bridgehead atoms. The van der Waals surface area contributed by atoms with Gasteiger partial charge < -0.3 is 5.32 Å². The summed E-state index contributed by atoms with van der Waals surface area (Å²) in [6, 6.07) is 6.37. The maximum atomic E-state index is 13.5. The van der Waals surface area contributed by atoms with Gasteiger partial charge in [0.2, 0.25) is 5.13 Å². The predicted molar refractivity (Wildman–Crippen MR) is 84.8 cm³/mol. The molecule has 1 heterocycles. The topological polar surface area (TPSA) is 54.9 Å². The van der Waals surface area contributed by atoms with E-state index in [0.29, 0.717) is 20.9 Å². The fourth-order valence-corrected chi connectivity index (χ4v) is 3.27. The maximum Gasteiger partial charge on any atom is 0.210 e. The molecule has 0 saturated heterocycles. The first-order chi connectivity index (χ1) is 9.86. The number of halogens is 1. The number of hydrogen-bond donors (Lipinski definition) is 1. The molecule has 112 valence electrons. The second kappa shape index (κ2) is 6.53. The minimum Gasteiger partial charge on any atom is -0.328 e. The summed E-state index contributed by atoms with van der Waals surface area (Å²) in [5.74, 6) is 0.175. The van der Waals surface area contributed by atoms with E-state index in [4.69, 9.17) is 0 Å². The van der Waals surface area contributed by atoms with Crippen molar-refractivity contribution in [1.29, 1.82) is 0 Å². The Balaban J connectivity index is 1.96. The molecule has 0 fully saturated rings. The molecular weight excluding hydrogens is 309 g/mol. The van der Waals surface area contributed by atoms with E-state index >= 15 is 0 Å². The fraction of sp³-hybridized carbons (Fsp3) is 0.357. The van der Waals surface area contributed by atoms with Crippen molar-refractivity contribution < 1.29 is 9.18 Å². The lowest BCUT2D eigenvalue weighted by Crippen LogP contribution is -2.21. The molecule has 1 N–H and O–H groups in total. The molecule has 0 unspecified atom stereocenters. The van der Waals surface area contributed by atoms with Gasteiger partial charge in [0.1, 0.15) is 11.6 Å². The van der Waals surface area contributed by atoms with Crippen molar-refractivity contribution in [2.45, 2.75) is 25.1 Å². The van der Waals surface area contributed by atoms with Crippen LogP contribution in [-0.4, -0.2) is 21.7 Å². The Kier molecular flexibility index (Phi) is 4.95. The molecule has 0 aliphatic rings. The van der Waals surface area contributed by atoms with Gasteiger partial charge in [0.05, 0.1) is 11.4 Å². The molecule has 0 radical (unpaired) electrons. The Labute approximate surface area is 131 Å². The van der Waals surface area contributed by atoms with Crippen LogP contribution in [0.3, 0.4) is 0 Å². The number of hydrogen-bond acceptors (Lipinski definition) is 6. The third-order valence-electron chi connectivity index (χ3n) is 2.69. The van der Waals surface area contributed by atoms with Gasteiger partial charge in [-0.15, -0.1) is 10.2 Å². The number of anilines is 2. The number of aromatic nitrogens is 2. The molecule has 1 aromatic heterocycles. The highest BCUT2D eigenvalue weighted by Crippen LogP contribution is 2.29. The smallest absolute Gasteiger partial charge is 0.210 e. The second-order valence-corrected chi connectivity index (χ2v) is 7.64. The minimum absolute atomic E-state index is 0.159. The zero-order chi connectivity index (χ0) is 15.5. The average Bonchev–Trinajstić information content (AvgIpc) is 2.85. The molecule has 2 rings (SSSR count). The molecular formula is C14H16FN3OS2. The Morgan fingerprint density at radius 2 is 2.05 bits per heavy atom. The van der Waals surface area contributed by atoms with Crippen molar-refractivity contribution >= 4 is 39.7 Å². The lowest BCUT2D eigenvalue weighted by atomic mass is 9.92. The zero-order valence-corrected chi connectivity index (χ0v) is 13.6. The highest BCUT2D eigenvalue weighted by atomic mass is 32.2. The number of para-hydroxylation sites is 1. The van der Waals surface area contributed by atoms with Crippen molar-refractivity contribution in [3.05, 3.63) is 30.1 Å². The normalized spacial score (nSPS) is 11.4. The van der Waals surface area contributed by atoms with Crippen LogP contribution in [0.5, 0.6) is 0 Å². The van der Waals surface area contributed by atoms with Crippen LogP contribution in [0.25, 0.3) is 0 Å². The predicted octanol–water partition coefficient (Wildman–Crippen LogP) is 4.13. The number of Topliss-reactive ketones (excluding diaryl/α,β-unsaturated/α-hetero) is 1. The van der Waals surface area contributed by atoms with E-state index in [9.17, 15) is 9.18 Å². The maximum absolute atomic E-state index is 13.5. The first kappa shape index (κ1) is 15.9. The van der Waals surface area contributed by atoms with E-state index in [-0.39, 0.29) is 17.0 Å². The zero-order valence-electron chi connectivity index (χ0n) is 12.0. The molecule has 0 saturated carbocycles. The fourth-order valence-electron chi connectivity index (χ4n) is 1.34. The van der Waals surface area contributed by atoms with Gasteiger partial charge in [-0.25, -0.2) is 4.39 Å². The number of carbonyl (C=O) groups excluding carboxylic acids is 1. The summed E-state index contributed by atoms with van der Waals surface area (Å²) in [6.45, 7) is 5.67. The Morgan fingerprint density at radius 1 is 1.33 bits per heavy atom. The van der Waals surface area contributed by atoms with Crippen LogP contribution in [0, 0.1) is 11.2 Å². The van der Waals surface area contributed by atoms with E-state index < -0.39 is 0 Å². The Hall–Kier alpha value is -1.47. The van der Waals surface area contributed by atoms with E-state index in [1.165, 1.54) is 29.2 Å². The summed E-state index contributed by atoms with van der Waals surface area (Å²) in [4.78, 5) is 11.9. The minimum atomic E-state index is -0.355. The van der Waals surface area contributed by atoms with Crippen molar-refractivity contribution in [3.8, 4) is 0 Å². The first-order valence-electron chi connectivity index (χ1n) is 6.37. The van der Waals surface area contributed by atoms with Crippen LogP contribution in [0.15, 0.2) is 28.6 Å². The molecule has 2 aromatic rings. The Bertz CT molecular complexity index is 637. The summed E-state index contributed by atoms with van der Waals surface area (Å²) in [5.41, 5.74) is 0.00215. The lowest BCUT2D eigenvalue weighted by Gasteiger charge is -2.15. The van der Waals surface area contributed by atoms with E-state index in [1.54, 1.807) is 18.2 Å². The van der Waals surface area contributed by atoms with Crippen LogP contribution in [0.2, 0.25) is 0 Å². The molecule has 0 amide bonds. The standard InChI is InChI=1S/C14H16FN3OS2/c1-14(2,3)11(19)8-20-13-18-17-12(21-13)16-10-7-5-4-6-9(10)15/h4-7H,8H2,1-3H3,(H,16,17). The SMILES string of the molecule is CC(C)(C)C(=O)CSc1nnc(Nc2ccccc2F)s1. The molecule has 0 atom stereocenters. The van der Waals surface area contributed by atoms with Crippen LogP contribution in [-0.2, 0) is 4.79 Å². The van der Waals surface area contributed by atoms with Crippen molar-refractivity contribution in [2.24, 2.45) is 5.41 Å². The van der Waals surface area contributed by atoms with Crippen molar-refractivity contribution in [3.63, 3.8) is 0 Å². The third-order valence-corrected chi connectivity index (χ3v) is 4.66. The number of nitrogens with zero attached hydrogens (tertiary/aromatic N) is 2. The molecule has 4 nitrogen and oxygen atoms in total. The summed E-state index contributed by atoms with van der Waals surface area (Å²) in [5, 5.41) is 11.3. The second-order valence-electron chi connectivity index (χ2n) is 5.44. The van der Waals surface area contributed by atoms with Gasteiger partial charge in [-0.3, -0.25) is 4.79 Å². The molecule has 21 heavy (non-hydrogen) atoms. The number of ketones is 1. The molecule has 0 aliphatic carbocycles. The lowest BCUT2D eigenvalue weighted by molar-refractivity contribution is -0.123. The van der Waals surface area contributed by atoms with Crippen LogP contribution in [0.1, 0.15) is 20.8 Å². The molecule has 0 aliphatic heterocycles. The largest absolute Gasteiger partial charge is 0.328 e. The summed E-state index contributed by atoms with van der Waals surface area (Å²) in [6.07, 6.45) is 0. The number of nitrogens with one attached hydrogen (secondary N) is 1. The third kappa shape index (κ3) is 4.50. The number of carbonyl (C=O) groups is 1. The van der Waals surface area contributed by atoms with E-state index in [1.807, 2.05) is 20.8 Å². The Morgan fingerprint density at radius 3 is 2.71 bits per heavy atom. The summed E-state index contributed by atoms with van der Waals surface area (Å²) >= 11 is 2.65. The number of rotatable bonds is 5. The van der Waals surface area contributed by atoms with Crippen molar-refractivity contribution in [1.82, 2.24) is 10.2 Å². The van der Waals surface area contributed by atoms with Crippen molar-refractivity contribution in [2.75, 3.05) is 11.1 Å². The number of benzene rings is 1. The molecule has 1 aromatic carbocycles. The van der Waals surface area contributed by atoms with Crippen LogP contribution >= 0.6 is 23.1 Å². The quantitative estimate of drug-likeness (QED) is 0.838. The highest BCUT2D eigenvalue weighted by molar-refractivity contribution is 8.01. The number of thioether (sulfide) groups is 1. The van der Waals surface area contributed by atoms with Gasteiger partial charge >= 0.3 is 0 Å². The summed E-state index contributed by atoms with van der Waals surface area (Å²) < 4.78 is 14.2. The van der Waals surface area contributed by atoms with Gasteiger partial charge in [0, 0.05) is 5.41 Å². The van der Waals surface area contributed by atoms with Gasteiger partial charge in [-0.1, -0.05) is 56.0 Å². The summed E-state index contributed by atoms with van der Waals surface area (Å²) in [7, 11) is 0. The average molecular weight is 325 g/mol. The van der Waals surface area contributed by atoms with Crippen LogP contribution in [0.4, 0.5) is 15.2 Å². The molecule has 7 heteroatoms. The van der Waals surface area contributed by atoms with E-state index in [2.05, 4.69) is 15.5 Å². The van der Waals surface area contributed by atoms with E-state index in [0.717, 1.165) is 0 Å². The van der Waals surface area contributed by atoms with Crippen LogP contribution < -0.4 is 5.32 Å². The van der Waals surface area contributed by atoms with Gasteiger partial charge in [0.25, 0.3) is 0 Å². The first-order valence-corrected chi connectivity index (χ1v) is 8.17. The van der Waals surface area contributed by atoms with Gasteiger partial charge in [-0.05, 0) is 12.1 Å². The van der Waals surface area contributed by atoms with Gasteiger partial charge in [0.15, 0.2) is 4.34 Å². The highest BCUT2D eigenvalue weighted by Gasteiger charge is 2.21. The monoisotopic (exact) mass is 325 g/mol. The molecule has 0 spiro atoms.